The van der Waals surface area contributed by atoms with Crippen LogP contribution >= 0.6 is 0 Å². The Morgan fingerprint density at radius 1 is 0.457 bits per heavy atom. The maximum atomic E-state index is 13.8. The van der Waals surface area contributed by atoms with Crippen LogP contribution in [0.5, 0.6) is 0 Å². The van der Waals surface area contributed by atoms with Gasteiger partial charge in [-0.05, 0) is 50.9 Å². The van der Waals surface area contributed by atoms with Gasteiger partial charge in [-0.3, -0.25) is 24.0 Å². The Labute approximate surface area is 617 Å². The van der Waals surface area contributed by atoms with Crippen LogP contribution in [0.15, 0.2) is 5.16 Å². The normalized spacial score (nSPS) is 26.4. The molecule has 12 N–H and O–H groups in total. The van der Waals surface area contributed by atoms with Crippen LogP contribution in [-0.4, -0.2) is 352 Å². The summed E-state index contributed by atoms with van der Waals surface area (Å²) >= 11 is 0. The first kappa shape index (κ1) is 95.4. The van der Waals surface area contributed by atoms with E-state index in [-0.39, 0.29) is 226 Å². The first-order chi connectivity index (χ1) is 50.3. The number of unbranched alkanes of at least 4 members (excludes halogenated alkanes) is 1. The van der Waals surface area contributed by atoms with Crippen molar-refractivity contribution in [3.63, 3.8) is 0 Å². The van der Waals surface area contributed by atoms with Crippen molar-refractivity contribution in [1.82, 2.24) is 16.0 Å². The third kappa shape index (κ3) is 40.7. The fourth-order valence-electron chi connectivity index (χ4n) is 10.9. The lowest BCUT2D eigenvalue weighted by Gasteiger charge is -2.46. The van der Waals surface area contributed by atoms with Crippen LogP contribution in [0.4, 0.5) is 0 Å². The maximum absolute atomic E-state index is 13.8. The van der Waals surface area contributed by atoms with Gasteiger partial charge in [0.2, 0.25) is 11.8 Å². The van der Waals surface area contributed by atoms with E-state index in [9.17, 15) is 69.9 Å². The van der Waals surface area contributed by atoms with Crippen molar-refractivity contribution in [2.45, 2.75) is 198 Å². The van der Waals surface area contributed by atoms with E-state index < -0.39 is 122 Å². The average molecular weight is 1520 g/mol. The van der Waals surface area contributed by atoms with Gasteiger partial charge in [-0.25, -0.2) is 0 Å². The maximum Gasteiger partial charge on any atom is 0.260 e. The number of Topliss-reactive ketones (excluding diaryl/α,β-unsaturated/α-hetero) is 2. The Bertz CT molecular complexity index is 2250. The lowest BCUT2D eigenvalue weighted by atomic mass is 9.82. The molecule has 0 bridgehead atoms. The van der Waals surface area contributed by atoms with E-state index >= 15 is 0 Å². The molecule has 0 radical (unpaired) electrons. The Kier molecular flexibility index (Phi) is 50.5. The molecule has 3 fully saturated rings. The topological polar surface area (TPSA) is 473 Å². The number of hydrogen-bond acceptors (Lipinski definition) is 32. The zero-order valence-electron chi connectivity index (χ0n) is 62.9. The molecule has 3 aliphatic heterocycles. The molecule has 35 heteroatoms. The van der Waals surface area contributed by atoms with E-state index in [2.05, 4.69) is 41.9 Å². The van der Waals surface area contributed by atoms with E-state index in [4.69, 9.17) is 80.6 Å². The van der Waals surface area contributed by atoms with Crippen molar-refractivity contribution in [3.05, 3.63) is 0 Å². The van der Waals surface area contributed by atoms with Gasteiger partial charge in [0, 0.05) is 89.0 Å². The number of ether oxygens (including phenoxy) is 16. The number of nitrogens with zero attached hydrogens (tertiary/aromatic N) is 1. The van der Waals surface area contributed by atoms with E-state index in [1.165, 1.54) is 6.92 Å². The quantitative estimate of drug-likeness (QED) is 0.0185. The van der Waals surface area contributed by atoms with Crippen molar-refractivity contribution >= 4 is 35.5 Å². The first-order valence-corrected chi connectivity index (χ1v) is 36.8. The van der Waals surface area contributed by atoms with Crippen molar-refractivity contribution < 1.29 is 151 Å². The largest absolute Gasteiger partial charge is 0.394 e. The number of rotatable bonds is 63. The predicted molar refractivity (Wildman–Crippen MR) is 373 cm³/mol. The molecule has 614 valence electrons. The molecule has 3 saturated heterocycles. The van der Waals surface area contributed by atoms with E-state index in [0.29, 0.717) is 32.2 Å². The van der Waals surface area contributed by atoms with E-state index in [0.717, 1.165) is 12.8 Å². The fourth-order valence-corrected chi connectivity index (χ4v) is 10.9. The van der Waals surface area contributed by atoms with Crippen molar-refractivity contribution in [2.75, 3.05) is 191 Å². The summed E-state index contributed by atoms with van der Waals surface area (Å²) in [6.45, 7) is 13.5. The third-order valence-electron chi connectivity index (χ3n) is 17.4. The number of amides is 3. The summed E-state index contributed by atoms with van der Waals surface area (Å²) in [6.07, 6.45) is -5.92. The molecule has 0 saturated carbocycles. The first-order valence-electron chi connectivity index (χ1n) is 36.8. The SMILES string of the molecule is C[C@@H]1C(O)[C@H](O)C(CO)O[C@@H]1OCCOCCOCCCC(=O)CCOCC(COCCC(=O)CCCOCCOCCO[C@H]1OC(CO)[C@@H](O)C(O)[C@H]1C)(COCCC(=O)NCCOCCOCCO[C@H]1OC(CO)[C@@](C)(O)C(O)[C@H]1C)NC(=O)COCCCCNC(=O)CON=CCCC(C)(C)C. The minimum absolute atomic E-state index is 0.0190. The Balaban J connectivity index is 1.52. The summed E-state index contributed by atoms with van der Waals surface area (Å²) in [4.78, 5) is 70.3. The van der Waals surface area contributed by atoms with Gasteiger partial charge in [0.05, 0.1) is 164 Å². The standard InChI is InChI=1S/C70H128N4O31/c1-49-60(83)62(85)54(41-75)103-65(49)99-38-35-92-32-29-89-23-10-13-52(78)15-25-96-46-70(74-59(82)44-95-22-9-8-19-71-58(81)45-102-73-20-12-18-68(4,5)6,47-97-26-16-53(79)14-11-24-90-30-33-93-36-39-100-66-50(2)61(84)63(86)55(42-76)104-66)48-98-27-17-57(80)72-21-28-91-31-34-94-37-40-101-67-51(3)64(87)69(7,88)56(43-77)105-67/h20,49-51,54-56,60-67,75-77,83-88H,8-19,21-48H2,1-7H3,(H,71,81)(H,72,80)(H,74,82)/t49-,50-,51-,54?,55?,56?,60?,61?,62-,63-,64?,65+,66+,67+,69-,70?/m1/s1. The van der Waals surface area contributed by atoms with Crippen LogP contribution < -0.4 is 16.0 Å². The molecule has 105 heavy (non-hydrogen) atoms. The number of ketones is 2. The van der Waals surface area contributed by atoms with Crippen LogP contribution in [0.2, 0.25) is 0 Å². The van der Waals surface area contributed by atoms with Gasteiger partial charge in [-0.2, -0.15) is 0 Å². The number of hydrogen-bond donors (Lipinski definition) is 12. The molecule has 3 rings (SSSR count). The second-order valence-electron chi connectivity index (χ2n) is 27.8. The molecule has 3 aliphatic rings. The summed E-state index contributed by atoms with van der Waals surface area (Å²) in [5.74, 6) is -3.12. The molecular weight excluding hydrogens is 1390 g/mol. The number of carbonyl (C=O) groups is 5. The highest BCUT2D eigenvalue weighted by Gasteiger charge is 2.51. The van der Waals surface area contributed by atoms with Crippen molar-refractivity contribution in [2.24, 2.45) is 28.3 Å². The van der Waals surface area contributed by atoms with E-state index in [1.807, 2.05) is 0 Å². The lowest BCUT2D eigenvalue weighted by molar-refractivity contribution is -0.312. The van der Waals surface area contributed by atoms with Crippen LogP contribution in [0.1, 0.15) is 119 Å². The van der Waals surface area contributed by atoms with Gasteiger partial charge < -0.3 is 143 Å². The molecule has 0 aliphatic carbocycles. The van der Waals surface area contributed by atoms with E-state index in [1.54, 1.807) is 27.0 Å². The summed E-state index contributed by atoms with van der Waals surface area (Å²) in [7, 11) is 0. The zero-order chi connectivity index (χ0) is 77.3. The second-order valence-corrected chi connectivity index (χ2v) is 27.8. The van der Waals surface area contributed by atoms with Crippen LogP contribution in [0.3, 0.4) is 0 Å². The van der Waals surface area contributed by atoms with Crippen LogP contribution in [0, 0.1) is 23.2 Å². The molecule has 0 spiro atoms. The zero-order valence-corrected chi connectivity index (χ0v) is 62.9. The number of aliphatic hydroxyl groups excluding tert-OH is 8. The number of oxime groups is 1. The Morgan fingerprint density at radius 3 is 1.37 bits per heavy atom. The van der Waals surface area contributed by atoms with Gasteiger partial charge in [-0.1, -0.05) is 46.7 Å². The van der Waals surface area contributed by atoms with Gasteiger partial charge in [0.15, 0.2) is 25.5 Å². The van der Waals surface area contributed by atoms with Gasteiger partial charge >= 0.3 is 0 Å². The molecule has 0 aromatic rings. The monoisotopic (exact) mass is 1520 g/mol. The second kappa shape index (κ2) is 55.6. The fraction of sp³-hybridized carbons (Fsp3) is 0.914. The summed E-state index contributed by atoms with van der Waals surface area (Å²) < 4.78 is 91.4. The van der Waals surface area contributed by atoms with Crippen LogP contribution in [0.25, 0.3) is 0 Å². The number of aliphatic hydroxyl groups is 9. The lowest BCUT2D eigenvalue weighted by Crippen LogP contribution is -2.63. The number of nitrogens with one attached hydrogen (secondary N) is 3. The summed E-state index contributed by atoms with van der Waals surface area (Å²) in [6, 6.07) is 0. The molecule has 3 amide bonds. The molecule has 0 aromatic carbocycles. The predicted octanol–water partition coefficient (Wildman–Crippen LogP) is -1.62. The molecule has 6 unspecified atom stereocenters. The van der Waals surface area contributed by atoms with Crippen molar-refractivity contribution in [3.8, 4) is 0 Å². The molecule has 35 nitrogen and oxygen atoms in total. The highest BCUT2D eigenvalue weighted by molar-refractivity contribution is 5.79. The highest BCUT2D eigenvalue weighted by atomic mass is 16.7. The summed E-state index contributed by atoms with van der Waals surface area (Å²) in [5.41, 5.74) is -2.92. The third-order valence-corrected chi connectivity index (χ3v) is 17.4. The highest BCUT2D eigenvalue weighted by Crippen LogP contribution is 2.34. The number of carbonyl (C=O) groups excluding carboxylic acids is 5. The van der Waals surface area contributed by atoms with Gasteiger partial charge in [0.1, 0.15) is 59.8 Å². The smallest absolute Gasteiger partial charge is 0.260 e. The summed E-state index contributed by atoms with van der Waals surface area (Å²) in [5, 5.41) is 103. The molecule has 0 aromatic heterocycles. The van der Waals surface area contributed by atoms with Crippen molar-refractivity contribution in [1.29, 1.82) is 0 Å². The Morgan fingerprint density at radius 2 is 0.895 bits per heavy atom. The molecule has 15 atom stereocenters. The molecular formula is C70H128N4O31. The minimum atomic E-state index is -1.64. The Hall–Kier alpha value is -3.78. The minimum Gasteiger partial charge on any atom is -0.394 e. The van der Waals surface area contributed by atoms with Gasteiger partial charge in [0.25, 0.3) is 5.91 Å². The van der Waals surface area contributed by atoms with Crippen LogP contribution in [-0.2, 0) is 105 Å². The average Bonchev–Trinajstić information content (AvgIpc) is 0.790. The van der Waals surface area contributed by atoms with Gasteiger partial charge in [-0.15, -0.1) is 0 Å². The molecule has 3 heterocycles.